The second kappa shape index (κ2) is 4.28. The van der Waals surface area contributed by atoms with Crippen LogP contribution in [0.5, 0.6) is 0 Å². The molecule has 1 aromatic rings. The minimum atomic E-state index is -5.17. The summed E-state index contributed by atoms with van der Waals surface area (Å²) in [5, 5.41) is 8.51. The summed E-state index contributed by atoms with van der Waals surface area (Å²) in [6.07, 6.45) is -8.44. The van der Waals surface area contributed by atoms with E-state index in [0.29, 0.717) is 6.20 Å². The smallest absolute Gasteiger partial charge is 0.392 e. The molecular weight excluding hydrogens is 240 g/mol. The lowest BCUT2D eigenvalue weighted by molar-refractivity contribution is -0.143. The van der Waals surface area contributed by atoms with Crippen LogP contribution < -0.4 is 0 Å². The van der Waals surface area contributed by atoms with Gasteiger partial charge in [-0.25, -0.2) is 13.2 Å². The molecule has 1 rings (SSSR count). The van der Waals surface area contributed by atoms with Gasteiger partial charge in [-0.15, -0.1) is 0 Å². The highest BCUT2D eigenvalue weighted by atomic mass is 19.4. The Morgan fingerprint density at radius 2 is 1.88 bits per heavy atom. The zero-order valence-electron chi connectivity index (χ0n) is 7.52. The van der Waals surface area contributed by atoms with Crippen molar-refractivity contribution in [1.29, 1.82) is 0 Å². The van der Waals surface area contributed by atoms with Crippen molar-refractivity contribution in [3.8, 4) is 0 Å². The minimum absolute atomic E-state index is 0.379. The minimum Gasteiger partial charge on any atom is -0.392 e. The Morgan fingerprint density at radius 1 is 1.31 bits per heavy atom. The molecule has 16 heavy (non-hydrogen) atoms. The van der Waals surface area contributed by atoms with Gasteiger partial charge in [0.25, 0.3) is 6.43 Å². The van der Waals surface area contributed by atoms with Crippen molar-refractivity contribution in [2.24, 2.45) is 0 Å². The van der Waals surface area contributed by atoms with Crippen LogP contribution in [-0.4, -0.2) is 10.1 Å². The summed E-state index contributed by atoms with van der Waals surface area (Å²) in [7, 11) is 0. The van der Waals surface area contributed by atoms with E-state index >= 15 is 0 Å². The normalized spacial score (nSPS) is 12.2. The van der Waals surface area contributed by atoms with Crippen LogP contribution in [0, 0.1) is 5.82 Å². The molecule has 0 spiro atoms. The Balaban J connectivity index is 3.47. The number of aromatic nitrogens is 1. The van der Waals surface area contributed by atoms with Crippen molar-refractivity contribution < 1.29 is 31.4 Å². The topological polar surface area (TPSA) is 33.1 Å². The second-order valence-corrected chi connectivity index (χ2v) is 2.82. The quantitative estimate of drug-likeness (QED) is 0.812. The third kappa shape index (κ3) is 2.26. The van der Waals surface area contributed by atoms with Gasteiger partial charge >= 0.3 is 6.18 Å². The molecule has 1 heterocycles. The predicted molar refractivity (Wildman–Crippen MR) is 40.1 cm³/mol. The molecule has 90 valence electrons. The summed E-state index contributed by atoms with van der Waals surface area (Å²) in [6.45, 7) is -1.00. The van der Waals surface area contributed by atoms with Crippen molar-refractivity contribution in [3.05, 3.63) is 28.8 Å². The van der Waals surface area contributed by atoms with E-state index in [1.165, 1.54) is 0 Å². The van der Waals surface area contributed by atoms with Crippen molar-refractivity contribution in [2.45, 2.75) is 19.2 Å². The van der Waals surface area contributed by atoms with Gasteiger partial charge in [-0.05, 0) is 0 Å². The van der Waals surface area contributed by atoms with Gasteiger partial charge < -0.3 is 5.11 Å². The molecule has 0 atom stereocenters. The van der Waals surface area contributed by atoms with Gasteiger partial charge in [0.15, 0.2) is 5.69 Å². The van der Waals surface area contributed by atoms with Crippen LogP contribution in [0.25, 0.3) is 0 Å². The first-order valence-electron chi connectivity index (χ1n) is 3.92. The maximum absolute atomic E-state index is 13.1. The fourth-order valence-electron chi connectivity index (χ4n) is 1.08. The lowest BCUT2D eigenvalue weighted by atomic mass is 10.1. The number of alkyl halides is 5. The highest BCUT2D eigenvalue weighted by molar-refractivity contribution is 5.30. The van der Waals surface area contributed by atoms with Gasteiger partial charge in [-0.1, -0.05) is 0 Å². The van der Waals surface area contributed by atoms with E-state index in [1.807, 2.05) is 0 Å². The molecule has 2 nitrogen and oxygen atoms in total. The molecule has 0 unspecified atom stereocenters. The summed E-state index contributed by atoms with van der Waals surface area (Å²) in [5.74, 6) is -1.78. The van der Waals surface area contributed by atoms with Crippen molar-refractivity contribution in [2.75, 3.05) is 0 Å². The predicted octanol–water partition coefficient (Wildman–Crippen LogP) is 2.67. The number of aliphatic hydroxyl groups is 1. The van der Waals surface area contributed by atoms with Gasteiger partial charge in [0, 0.05) is 11.8 Å². The van der Waals surface area contributed by atoms with E-state index in [-0.39, 0.29) is 0 Å². The highest BCUT2D eigenvalue weighted by Crippen LogP contribution is 2.36. The summed E-state index contributed by atoms with van der Waals surface area (Å²) in [5.41, 5.74) is -4.51. The Morgan fingerprint density at radius 3 is 2.25 bits per heavy atom. The van der Waals surface area contributed by atoms with Crippen LogP contribution in [-0.2, 0) is 12.8 Å². The summed E-state index contributed by atoms with van der Waals surface area (Å²) < 4.78 is 74.3. The molecule has 0 aliphatic heterocycles. The molecule has 0 radical (unpaired) electrons. The molecule has 1 aromatic heterocycles. The van der Waals surface area contributed by atoms with Gasteiger partial charge in [-0.3, -0.25) is 4.98 Å². The van der Waals surface area contributed by atoms with Crippen molar-refractivity contribution in [1.82, 2.24) is 4.98 Å². The lowest BCUT2D eigenvalue weighted by Crippen LogP contribution is -2.15. The Labute approximate surface area is 85.5 Å². The number of halogens is 6. The number of pyridine rings is 1. The molecule has 0 aliphatic rings. The van der Waals surface area contributed by atoms with Crippen LogP contribution in [0.3, 0.4) is 0 Å². The first-order chi connectivity index (χ1) is 7.29. The Hall–Kier alpha value is -1.31. The van der Waals surface area contributed by atoms with E-state index in [9.17, 15) is 26.3 Å². The highest BCUT2D eigenvalue weighted by Gasteiger charge is 2.40. The average Bonchev–Trinajstić information content (AvgIpc) is 2.15. The van der Waals surface area contributed by atoms with Crippen LogP contribution in [0.15, 0.2) is 6.20 Å². The fraction of sp³-hybridized carbons (Fsp3) is 0.375. The van der Waals surface area contributed by atoms with E-state index in [1.54, 1.807) is 0 Å². The number of aliphatic hydroxyl groups excluding tert-OH is 1. The first-order valence-corrected chi connectivity index (χ1v) is 3.92. The molecule has 0 saturated carbocycles. The zero-order chi connectivity index (χ0) is 12.5. The van der Waals surface area contributed by atoms with Crippen molar-refractivity contribution in [3.63, 3.8) is 0 Å². The van der Waals surface area contributed by atoms with E-state index < -0.39 is 41.8 Å². The standard InChI is InChI=1S/C8H5F6NO/c9-5-3(2-16)1-15-6(8(12,13)14)4(5)7(10)11/h1,7,16H,2H2. The zero-order valence-corrected chi connectivity index (χ0v) is 7.52. The van der Waals surface area contributed by atoms with Crippen LogP contribution in [0.4, 0.5) is 26.3 Å². The number of hydrogen-bond acceptors (Lipinski definition) is 2. The lowest BCUT2D eigenvalue weighted by Gasteiger charge is -2.13. The summed E-state index contributed by atoms with van der Waals surface area (Å²) in [6, 6.07) is 0. The number of rotatable bonds is 2. The molecule has 0 aliphatic carbocycles. The van der Waals surface area contributed by atoms with Crippen LogP contribution in [0.1, 0.15) is 23.2 Å². The molecule has 0 fully saturated rings. The van der Waals surface area contributed by atoms with Crippen LogP contribution >= 0.6 is 0 Å². The summed E-state index contributed by atoms with van der Waals surface area (Å²) in [4.78, 5) is 2.70. The number of nitrogens with zero attached hydrogens (tertiary/aromatic N) is 1. The Bertz CT molecular complexity index is 389. The van der Waals surface area contributed by atoms with E-state index in [4.69, 9.17) is 5.11 Å². The van der Waals surface area contributed by atoms with Gasteiger partial charge in [0.1, 0.15) is 5.82 Å². The Kier molecular flexibility index (Phi) is 3.41. The third-order valence-electron chi connectivity index (χ3n) is 1.78. The molecule has 0 bridgehead atoms. The average molecular weight is 245 g/mol. The monoisotopic (exact) mass is 245 g/mol. The first kappa shape index (κ1) is 12.8. The number of hydrogen-bond donors (Lipinski definition) is 1. The molecule has 0 amide bonds. The van der Waals surface area contributed by atoms with E-state index in [0.717, 1.165) is 0 Å². The second-order valence-electron chi connectivity index (χ2n) is 2.82. The molecular formula is C8H5F6NO. The van der Waals surface area contributed by atoms with Crippen LogP contribution in [0.2, 0.25) is 0 Å². The van der Waals surface area contributed by atoms with E-state index in [2.05, 4.69) is 4.98 Å². The molecule has 1 N–H and O–H groups in total. The molecule has 0 saturated heterocycles. The fourth-order valence-corrected chi connectivity index (χ4v) is 1.08. The molecule has 8 heteroatoms. The van der Waals surface area contributed by atoms with Gasteiger partial charge in [0.2, 0.25) is 0 Å². The van der Waals surface area contributed by atoms with Crippen molar-refractivity contribution >= 4 is 0 Å². The van der Waals surface area contributed by atoms with Gasteiger partial charge in [-0.2, -0.15) is 13.2 Å². The molecule has 0 aromatic carbocycles. The SMILES string of the molecule is OCc1cnc(C(F)(F)F)c(C(F)F)c1F. The third-order valence-corrected chi connectivity index (χ3v) is 1.78. The maximum Gasteiger partial charge on any atom is 0.433 e. The van der Waals surface area contributed by atoms with Gasteiger partial charge in [0.05, 0.1) is 12.2 Å². The summed E-state index contributed by atoms with van der Waals surface area (Å²) >= 11 is 0. The maximum atomic E-state index is 13.1. The largest absolute Gasteiger partial charge is 0.433 e.